The van der Waals surface area contributed by atoms with Crippen LogP contribution in [0.15, 0.2) is 11.8 Å². The molecule has 2 atom stereocenters. The van der Waals surface area contributed by atoms with Gasteiger partial charge in [-0.05, 0) is 62.9 Å². The van der Waals surface area contributed by atoms with Gasteiger partial charge in [-0.15, -0.1) is 0 Å². The van der Waals surface area contributed by atoms with E-state index >= 15 is 0 Å². The van der Waals surface area contributed by atoms with Crippen molar-refractivity contribution in [2.24, 2.45) is 5.92 Å². The lowest BCUT2D eigenvalue weighted by Gasteiger charge is -2.20. The van der Waals surface area contributed by atoms with Crippen LogP contribution >= 0.6 is 0 Å². The van der Waals surface area contributed by atoms with E-state index in [0.29, 0.717) is 5.92 Å². The molecule has 17 heavy (non-hydrogen) atoms. The summed E-state index contributed by atoms with van der Waals surface area (Å²) in [5.41, 5.74) is 1.49. The van der Waals surface area contributed by atoms with Crippen LogP contribution < -0.4 is 0 Å². The molecule has 1 aliphatic heterocycles. The third-order valence-corrected chi connectivity index (χ3v) is 5.36. The Bertz CT molecular complexity index is 278. The maximum absolute atomic E-state index is 11.4. The number of hydrogen-bond donors (Lipinski definition) is 0. The molecule has 0 aromatic rings. The lowest BCUT2D eigenvalue weighted by Crippen LogP contribution is -2.20. The van der Waals surface area contributed by atoms with Crippen molar-refractivity contribution in [3.63, 3.8) is 0 Å². The molecular weight excluding hydrogens is 232 g/mol. The molecule has 1 heterocycles. The Labute approximate surface area is 107 Å². The molecule has 2 rings (SSSR count). The largest absolute Gasteiger partial charge is 0.501 e. The SMILES string of the molecule is O=S1CCCC(CCCOC=C2CCCC2)C1. The molecule has 1 saturated carbocycles. The van der Waals surface area contributed by atoms with E-state index in [1.807, 2.05) is 6.26 Å². The van der Waals surface area contributed by atoms with Gasteiger partial charge in [0, 0.05) is 22.3 Å². The first kappa shape index (κ1) is 13.1. The average molecular weight is 256 g/mol. The molecule has 98 valence electrons. The highest BCUT2D eigenvalue weighted by Gasteiger charge is 2.17. The summed E-state index contributed by atoms with van der Waals surface area (Å²) in [4.78, 5) is 0. The van der Waals surface area contributed by atoms with Gasteiger partial charge in [0.15, 0.2) is 0 Å². The van der Waals surface area contributed by atoms with Gasteiger partial charge in [0.25, 0.3) is 0 Å². The van der Waals surface area contributed by atoms with Gasteiger partial charge in [-0.2, -0.15) is 0 Å². The predicted molar refractivity (Wildman–Crippen MR) is 72.3 cm³/mol. The summed E-state index contributed by atoms with van der Waals surface area (Å²) in [6.07, 6.45) is 11.9. The Morgan fingerprint density at radius 1 is 1.29 bits per heavy atom. The van der Waals surface area contributed by atoms with Crippen molar-refractivity contribution in [1.82, 2.24) is 0 Å². The van der Waals surface area contributed by atoms with Crippen LogP contribution in [0.25, 0.3) is 0 Å². The van der Waals surface area contributed by atoms with Crippen LogP contribution in [0.4, 0.5) is 0 Å². The van der Waals surface area contributed by atoms with E-state index in [-0.39, 0.29) is 0 Å². The van der Waals surface area contributed by atoms with E-state index in [0.717, 1.165) is 31.0 Å². The van der Waals surface area contributed by atoms with Crippen molar-refractivity contribution in [2.75, 3.05) is 18.1 Å². The zero-order valence-corrected chi connectivity index (χ0v) is 11.5. The molecule has 1 saturated heterocycles. The van der Waals surface area contributed by atoms with Gasteiger partial charge in [0.2, 0.25) is 0 Å². The summed E-state index contributed by atoms with van der Waals surface area (Å²) in [7, 11) is -0.532. The van der Waals surface area contributed by atoms with Gasteiger partial charge in [0.1, 0.15) is 0 Å². The minimum absolute atomic E-state index is 0.532. The van der Waals surface area contributed by atoms with Crippen LogP contribution in [0.3, 0.4) is 0 Å². The minimum atomic E-state index is -0.532. The fraction of sp³-hybridized carbons (Fsp3) is 0.857. The van der Waals surface area contributed by atoms with Crippen molar-refractivity contribution < 1.29 is 8.95 Å². The molecule has 0 N–H and O–H groups in total. The second kappa shape index (κ2) is 7.20. The summed E-state index contributed by atoms with van der Waals surface area (Å²) in [6, 6.07) is 0. The summed E-state index contributed by atoms with van der Waals surface area (Å²) >= 11 is 0. The fourth-order valence-corrected chi connectivity index (χ4v) is 4.28. The van der Waals surface area contributed by atoms with E-state index in [2.05, 4.69) is 0 Å². The molecule has 2 fully saturated rings. The second-order valence-electron chi connectivity index (χ2n) is 5.32. The maximum Gasteiger partial charge on any atom is 0.0873 e. The highest BCUT2D eigenvalue weighted by atomic mass is 32.2. The molecule has 0 radical (unpaired) electrons. The smallest absolute Gasteiger partial charge is 0.0873 e. The van der Waals surface area contributed by atoms with Gasteiger partial charge in [-0.3, -0.25) is 4.21 Å². The zero-order valence-electron chi connectivity index (χ0n) is 10.7. The third-order valence-electron chi connectivity index (χ3n) is 3.78. The van der Waals surface area contributed by atoms with Crippen molar-refractivity contribution >= 4 is 10.8 Å². The number of hydrogen-bond acceptors (Lipinski definition) is 2. The van der Waals surface area contributed by atoms with E-state index < -0.39 is 10.8 Å². The summed E-state index contributed by atoms with van der Waals surface area (Å²) in [6.45, 7) is 0.840. The number of allylic oxidation sites excluding steroid dienone is 1. The molecule has 0 bridgehead atoms. The predicted octanol–water partition coefficient (Wildman–Crippen LogP) is 3.40. The molecule has 0 aromatic heterocycles. The van der Waals surface area contributed by atoms with Crippen LogP contribution in [0.2, 0.25) is 0 Å². The lowest BCUT2D eigenvalue weighted by molar-refractivity contribution is 0.230. The first-order chi connectivity index (χ1) is 8.34. The quantitative estimate of drug-likeness (QED) is 0.556. The molecule has 2 unspecified atom stereocenters. The summed E-state index contributed by atoms with van der Waals surface area (Å²) < 4.78 is 17.0. The van der Waals surface area contributed by atoms with E-state index in [9.17, 15) is 4.21 Å². The van der Waals surface area contributed by atoms with Gasteiger partial charge in [-0.1, -0.05) is 0 Å². The van der Waals surface area contributed by atoms with Gasteiger partial charge >= 0.3 is 0 Å². The third kappa shape index (κ3) is 4.82. The van der Waals surface area contributed by atoms with Crippen LogP contribution in [0.1, 0.15) is 51.4 Å². The Balaban J connectivity index is 1.53. The van der Waals surface area contributed by atoms with Crippen molar-refractivity contribution in [3.8, 4) is 0 Å². The fourth-order valence-electron chi connectivity index (χ4n) is 2.77. The highest BCUT2D eigenvalue weighted by Crippen LogP contribution is 2.24. The number of rotatable bonds is 5. The van der Waals surface area contributed by atoms with Crippen LogP contribution in [-0.4, -0.2) is 22.3 Å². The van der Waals surface area contributed by atoms with Gasteiger partial charge in [0.05, 0.1) is 12.9 Å². The van der Waals surface area contributed by atoms with Gasteiger partial charge in [-0.25, -0.2) is 0 Å². The average Bonchev–Trinajstić information content (AvgIpc) is 2.82. The highest BCUT2D eigenvalue weighted by molar-refractivity contribution is 7.85. The standard InChI is InChI=1S/C14H24O2S/c15-17-10-4-8-14(12-17)7-3-9-16-11-13-5-1-2-6-13/h11,14H,1-10,12H2. The molecule has 2 nitrogen and oxygen atoms in total. The molecule has 0 aromatic carbocycles. The molecule has 0 spiro atoms. The molecule has 2 aliphatic rings. The summed E-state index contributed by atoms with van der Waals surface area (Å²) in [5, 5.41) is 0. The molecular formula is C14H24O2S. The molecule has 1 aliphatic carbocycles. The van der Waals surface area contributed by atoms with Gasteiger partial charge < -0.3 is 4.74 Å². The Morgan fingerprint density at radius 2 is 2.12 bits per heavy atom. The van der Waals surface area contributed by atoms with Crippen LogP contribution in [-0.2, 0) is 15.5 Å². The monoisotopic (exact) mass is 256 g/mol. The first-order valence-corrected chi connectivity index (χ1v) is 8.48. The lowest BCUT2D eigenvalue weighted by atomic mass is 10.00. The Kier molecular flexibility index (Phi) is 5.56. The van der Waals surface area contributed by atoms with Crippen LogP contribution in [0, 0.1) is 5.92 Å². The molecule has 3 heteroatoms. The van der Waals surface area contributed by atoms with E-state index in [1.54, 1.807) is 0 Å². The zero-order chi connectivity index (χ0) is 11.9. The Hall–Kier alpha value is -0.310. The van der Waals surface area contributed by atoms with Crippen LogP contribution in [0.5, 0.6) is 0 Å². The van der Waals surface area contributed by atoms with E-state index in [1.165, 1.54) is 44.1 Å². The van der Waals surface area contributed by atoms with Crippen molar-refractivity contribution in [2.45, 2.75) is 51.4 Å². The Morgan fingerprint density at radius 3 is 2.88 bits per heavy atom. The van der Waals surface area contributed by atoms with E-state index in [4.69, 9.17) is 4.74 Å². The van der Waals surface area contributed by atoms with Crippen molar-refractivity contribution in [3.05, 3.63) is 11.8 Å². The van der Waals surface area contributed by atoms with Crippen molar-refractivity contribution in [1.29, 1.82) is 0 Å². The molecule has 0 amide bonds. The maximum atomic E-state index is 11.4. The normalized spacial score (nSPS) is 29.3. The second-order valence-corrected chi connectivity index (χ2v) is 6.94. The minimum Gasteiger partial charge on any atom is -0.501 e. The summed E-state index contributed by atoms with van der Waals surface area (Å²) in [5.74, 6) is 2.55. The number of ether oxygens (including phenoxy) is 1. The first-order valence-electron chi connectivity index (χ1n) is 6.99. The topological polar surface area (TPSA) is 26.3 Å².